The van der Waals surface area contributed by atoms with Gasteiger partial charge in [0.2, 0.25) is 5.78 Å². The van der Waals surface area contributed by atoms with E-state index in [2.05, 4.69) is 0 Å². The summed E-state index contributed by atoms with van der Waals surface area (Å²) >= 11 is 0. The Balaban J connectivity index is 1.80. The van der Waals surface area contributed by atoms with Gasteiger partial charge in [-0.2, -0.15) is 0 Å². The fourth-order valence-corrected chi connectivity index (χ4v) is 2.69. The summed E-state index contributed by atoms with van der Waals surface area (Å²) in [6.45, 7) is 6.91. The number of rotatable bonds is 4. The second-order valence-corrected chi connectivity index (χ2v) is 6.05. The number of hydrogen-bond donors (Lipinski definition) is 0. The van der Waals surface area contributed by atoms with Gasteiger partial charge in [0.05, 0.1) is 5.56 Å². The Morgan fingerprint density at radius 3 is 2.46 bits per heavy atom. The van der Waals surface area contributed by atoms with E-state index in [1.807, 2.05) is 45.0 Å². The Labute approximate surface area is 152 Å². The normalized spacial score (nSPS) is 14.1. The lowest BCUT2D eigenvalue weighted by Crippen LogP contribution is -2.33. The molecule has 0 N–H and O–H groups in total. The molecule has 134 valence electrons. The first-order valence-electron chi connectivity index (χ1n) is 8.63. The molecule has 0 aliphatic carbocycles. The van der Waals surface area contributed by atoms with Crippen LogP contribution in [0.2, 0.25) is 0 Å². The average Bonchev–Trinajstić information content (AvgIpc) is 2.93. The molecule has 0 radical (unpaired) electrons. The Kier molecular flexibility index (Phi) is 5.07. The average molecular weight is 351 g/mol. The van der Waals surface area contributed by atoms with E-state index in [9.17, 15) is 9.59 Å². The van der Waals surface area contributed by atoms with E-state index < -0.39 is 6.09 Å². The molecule has 0 atom stereocenters. The van der Waals surface area contributed by atoms with Gasteiger partial charge < -0.3 is 14.4 Å². The van der Waals surface area contributed by atoms with Gasteiger partial charge >= 0.3 is 6.09 Å². The van der Waals surface area contributed by atoms with Crippen LogP contribution in [-0.2, 0) is 0 Å². The molecule has 0 unspecified atom stereocenters. The van der Waals surface area contributed by atoms with Gasteiger partial charge in [-0.25, -0.2) is 4.79 Å². The predicted molar refractivity (Wildman–Crippen MR) is 99.5 cm³/mol. The summed E-state index contributed by atoms with van der Waals surface area (Å²) in [6.07, 6.45) is 1.29. The van der Waals surface area contributed by atoms with Gasteiger partial charge in [0.25, 0.3) is 0 Å². The quantitative estimate of drug-likeness (QED) is 0.764. The van der Waals surface area contributed by atoms with E-state index in [4.69, 9.17) is 9.47 Å². The molecule has 0 spiro atoms. The molecule has 1 heterocycles. The zero-order valence-electron chi connectivity index (χ0n) is 15.1. The van der Waals surface area contributed by atoms with Gasteiger partial charge in [-0.3, -0.25) is 4.79 Å². The molecular weight excluding hydrogens is 330 g/mol. The summed E-state index contributed by atoms with van der Waals surface area (Å²) in [7, 11) is 0. The molecule has 3 rings (SSSR count). The zero-order chi connectivity index (χ0) is 18.7. The van der Waals surface area contributed by atoms with E-state index >= 15 is 0 Å². The van der Waals surface area contributed by atoms with E-state index in [1.165, 1.54) is 0 Å². The highest BCUT2D eigenvalue weighted by Crippen LogP contribution is 2.35. The molecule has 26 heavy (non-hydrogen) atoms. The van der Waals surface area contributed by atoms with Crippen molar-refractivity contribution in [2.45, 2.75) is 20.8 Å². The number of ketones is 1. The van der Waals surface area contributed by atoms with Crippen LogP contribution in [0.3, 0.4) is 0 Å². The van der Waals surface area contributed by atoms with Gasteiger partial charge in [0.15, 0.2) is 5.76 Å². The summed E-state index contributed by atoms with van der Waals surface area (Å²) in [4.78, 5) is 26.1. The minimum Gasteiger partial charge on any atom is -0.452 e. The second-order valence-electron chi connectivity index (χ2n) is 6.05. The largest absolute Gasteiger partial charge is 0.452 e. The molecule has 5 heteroatoms. The fraction of sp³-hybridized carbons (Fsp3) is 0.238. The third-order valence-electron chi connectivity index (χ3n) is 4.24. The number of ether oxygens (including phenoxy) is 2. The third kappa shape index (κ3) is 3.61. The Morgan fingerprint density at radius 1 is 1.12 bits per heavy atom. The third-order valence-corrected chi connectivity index (χ3v) is 4.24. The van der Waals surface area contributed by atoms with Crippen LogP contribution in [0.5, 0.6) is 11.5 Å². The monoisotopic (exact) mass is 351 g/mol. The zero-order valence-corrected chi connectivity index (χ0v) is 15.1. The van der Waals surface area contributed by atoms with Crippen molar-refractivity contribution in [1.82, 2.24) is 4.90 Å². The number of carbonyl (C=O) groups excluding carboxylic acids is 2. The lowest BCUT2D eigenvalue weighted by atomic mass is 10.1. The van der Waals surface area contributed by atoms with E-state index in [0.717, 1.165) is 11.1 Å². The van der Waals surface area contributed by atoms with Crippen molar-refractivity contribution in [3.05, 3.63) is 64.9 Å². The molecule has 0 aromatic heterocycles. The first-order chi connectivity index (χ1) is 12.5. The number of hydrogen-bond acceptors (Lipinski definition) is 4. The Hall–Kier alpha value is -3.08. The lowest BCUT2D eigenvalue weighted by molar-refractivity contribution is 0.101. The Bertz CT molecular complexity index is 864. The van der Waals surface area contributed by atoms with E-state index in [1.54, 1.807) is 29.2 Å². The number of benzene rings is 2. The summed E-state index contributed by atoms with van der Waals surface area (Å²) < 4.78 is 11.1. The van der Waals surface area contributed by atoms with Crippen molar-refractivity contribution >= 4 is 18.0 Å². The smallest absolute Gasteiger partial charge is 0.415 e. The van der Waals surface area contributed by atoms with Crippen LogP contribution >= 0.6 is 0 Å². The maximum absolute atomic E-state index is 12.5. The molecule has 5 nitrogen and oxygen atoms in total. The van der Waals surface area contributed by atoms with Crippen molar-refractivity contribution in [2.75, 3.05) is 13.1 Å². The SMILES string of the molecule is CCN(CC)C(=O)Oc1ccc2c(c1)O/C(=C\c1ccc(C)cc1)C2=O. The van der Waals surface area contributed by atoms with E-state index in [-0.39, 0.29) is 11.5 Å². The highest BCUT2D eigenvalue weighted by Gasteiger charge is 2.28. The number of carbonyl (C=O) groups is 2. The first kappa shape index (κ1) is 17.7. The lowest BCUT2D eigenvalue weighted by Gasteiger charge is -2.17. The van der Waals surface area contributed by atoms with Crippen LogP contribution in [0, 0.1) is 6.92 Å². The first-order valence-corrected chi connectivity index (χ1v) is 8.63. The highest BCUT2D eigenvalue weighted by atomic mass is 16.6. The number of allylic oxidation sites excluding steroid dienone is 1. The van der Waals surface area contributed by atoms with Gasteiger partial charge in [0, 0.05) is 19.2 Å². The van der Waals surface area contributed by atoms with Crippen molar-refractivity contribution < 1.29 is 19.1 Å². The predicted octanol–water partition coefficient (Wildman–Crippen LogP) is 4.45. The highest BCUT2D eigenvalue weighted by molar-refractivity contribution is 6.14. The molecule has 0 saturated heterocycles. The minimum atomic E-state index is -0.422. The number of fused-ring (bicyclic) bond motifs is 1. The maximum Gasteiger partial charge on any atom is 0.415 e. The molecule has 0 fully saturated rings. The molecule has 2 aromatic carbocycles. The number of Topliss-reactive ketones (excluding diaryl/α,β-unsaturated/α-hetero) is 1. The van der Waals surface area contributed by atoms with Gasteiger partial charge in [0.1, 0.15) is 11.5 Å². The number of aryl methyl sites for hydroxylation is 1. The van der Waals surface area contributed by atoms with Crippen LogP contribution in [0.1, 0.15) is 35.3 Å². The van der Waals surface area contributed by atoms with Crippen LogP contribution in [-0.4, -0.2) is 29.9 Å². The van der Waals surface area contributed by atoms with Gasteiger partial charge in [-0.05, 0) is 44.5 Å². The molecule has 0 bridgehead atoms. The Morgan fingerprint density at radius 2 is 1.81 bits per heavy atom. The van der Waals surface area contributed by atoms with Crippen LogP contribution < -0.4 is 9.47 Å². The minimum absolute atomic E-state index is 0.179. The number of nitrogens with zero attached hydrogens (tertiary/aromatic N) is 1. The fourth-order valence-electron chi connectivity index (χ4n) is 2.69. The number of amides is 1. The molecular formula is C21H21NO4. The summed E-state index contributed by atoms with van der Waals surface area (Å²) in [5.41, 5.74) is 2.50. The molecule has 1 aliphatic rings. The van der Waals surface area contributed by atoms with Crippen LogP contribution in [0.4, 0.5) is 4.79 Å². The van der Waals surface area contributed by atoms with Gasteiger partial charge in [-0.15, -0.1) is 0 Å². The van der Waals surface area contributed by atoms with Crippen molar-refractivity contribution in [2.24, 2.45) is 0 Å². The molecule has 1 aliphatic heterocycles. The van der Waals surface area contributed by atoms with Crippen LogP contribution in [0.25, 0.3) is 6.08 Å². The standard InChI is InChI=1S/C21H21NO4/c1-4-22(5-2)21(24)25-16-10-11-17-18(13-16)26-19(20(17)23)12-15-8-6-14(3)7-9-15/h6-13H,4-5H2,1-3H3/b19-12-. The van der Waals surface area contributed by atoms with Crippen molar-refractivity contribution in [3.8, 4) is 11.5 Å². The summed E-state index contributed by atoms with van der Waals surface area (Å²) in [5.74, 6) is 0.835. The second kappa shape index (κ2) is 7.44. The van der Waals surface area contributed by atoms with Crippen LogP contribution in [0.15, 0.2) is 48.2 Å². The maximum atomic E-state index is 12.5. The molecule has 1 amide bonds. The molecule has 2 aromatic rings. The van der Waals surface area contributed by atoms with E-state index in [0.29, 0.717) is 30.2 Å². The van der Waals surface area contributed by atoms with Gasteiger partial charge in [-0.1, -0.05) is 29.8 Å². The topological polar surface area (TPSA) is 55.8 Å². The van der Waals surface area contributed by atoms with Crippen molar-refractivity contribution in [3.63, 3.8) is 0 Å². The van der Waals surface area contributed by atoms with Crippen molar-refractivity contribution in [1.29, 1.82) is 0 Å². The summed E-state index contributed by atoms with van der Waals surface area (Å²) in [6, 6.07) is 12.6. The molecule has 0 saturated carbocycles. The summed E-state index contributed by atoms with van der Waals surface area (Å²) in [5, 5.41) is 0.